The highest BCUT2D eigenvalue weighted by atomic mass is 32.2. The van der Waals surface area contributed by atoms with E-state index in [1.165, 1.54) is 5.56 Å². The molecule has 0 spiro atoms. The van der Waals surface area contributed by atoms with Crippen molar-refractivity contribution in [1.82, 2.24) is 9.62 Å². The molecular weight excluding hydrogens is 272 g/mol. The van der Waals surface area contributed by atoms with Crippen LogP contribution in [0.2, 0.25) is 0 Å². The molecule has 0 saturated heterocycles. The minimum atomic E-state index is -3.12. The first kappa shape index (κ1) is 15.5. The van der Waals surface area contributed by atoms with Crippen LogP contribution in [0.15, 0.2) is 24.3 Å². The van der Waals surface area contributed by atoms with Crippen molar-refractivity contribution in [3.05, 3.63) is 35.4 Å². The molecule has 0 saturated carbocycles. The Kier molecular flexibility index (Phi) is 5.57. The average molecular weight is 296 g/mol. The second-order valence-electron chi connectivity index (χ2n) is 5.27. The molecule has 112 valence electrons. The third-order valence-corrected chi connectivity index (χ3v) is 5.57. The maximum absolute atomic E-state index is 12.3. The van der Waals surface area contributed by atoms with E-state index in [0.717, 1.165) is 31.5 Å². The first-order chi connectivity index (χ1) is 9.63. The summed E-state index contributed by atoms with van der Waals surface area (Å²) in [5.74, 6) is 0.242. The quantitative estimate of drug-likeness (QED) is 0.780. The predicted octanol–water partition coefficient (Wildman–Crippen LogP) is 1.76. The van der Waals surface area contributed by atoms with Gasteiger partial charge in [-0.2, -0.15) is 4.31 Å². The van der Waals surface area contributed by atoms with Crippen LogP contribution >= 0.6 is 0 Å². The average Bonchev–Trinajstić information content (AvgIpc) is 2.46. The molecule has 1 aliphatic rings. The molecule has 1 heterocycles. The third kappa shape index (κ3) is 4.04. The molecule has 4 nitrogen and oxygen atoms in total. The molecular formula is C15H24N2O2S. The van der Waals surface area contributed by atoms with Crippen LogP contribution in [0.1, 0.15) is 30.9 Å². The lowest BCUT2D eigenvalue weighted by atomic mass is 10.0. The van der Waals surface area contributed by atoms with Gasteiger partial charge in [0.15, 0.2) is 0 Å². The molecule has 0 bridgehead atoms. The Labute approximate surface area is 122 Å². The predicted molar refractivity (Wildman–Crippen MR) is 82.1 cm³/mol. The van der Waals surface area contributed by atoms with Crippen molar-refractivity contribution in [2.45, 2.75) is 32.7 Å². The number of nitrogens with one attached hydrogen (secondary N) is 1. The van der Waals surface area contributed by atoms with Gasteiger partial charge in [0.05, 0.1) is 5.75 Å². The molecule has 0 aliphatic carbocycles. The molecule has 0 aromatic heterocycles. The van der Waals surface area contributed by atoms with Crippen LogP contribution in [0.4, 0.5) is 0 Å². The monoisotopic (exact) mass is 296 g/mol. The second kappa shape index (κ2) is 7.20. The Hall–Kier alpha value is -0.910. The van der Waals surface area contributed by atoms with E-state index in [1.807, 2.05) is 18.2 Å². The SMILES string of the molecule is CCCNCCCS(=O)(=O)N1CCc2ccccc2C1. The summed E-state index contributed by atoms with van der Waals surface area (Å²) in [6.07, 6.45) is 2.58. The lowest BCUT2D eigenvalue weighted by Crippen LogP contribution is -2.38. The molecule has 1 aromatic carbocycles. The van der Waals surface area contributed by atoms with E-state index in [2.05, 4.69) is 18.3 Å². The van der Waals surface area contributed by atoms with Gasteiger partial charge in [0.1, 0.15) is 0 Å². The van der Waals surface area contributed by atoms with Crippen molar-refractivity contribution < 1.29 is 8.42 Å². The van der Waals surface area contributed by atoms with Crippen molar-refractivity contribution in [3.8, 4) is 0 Å². The minimum Gasteiger partial charge on any atom is -0.317 e. The maximum atomic E-state index is 12.3. The van der Waals surface area contributed by atoms with E-state index in [1.54, 1.807) is 4.31 Å². The lowest BCUT2D eigenvalue weighted by Gasteiger charge is -2.28. The summed E-state index contributed by atoms with van der Waals surface area (Å²) < 4.78 is 26.3. The Morgan fingerprint density at radius 3 is 2.70 bits per heavy atom. The van der Waals surface area contributed by atoms with Crippen molar-refractivity contribution >= 4 is 10.0 Å². The molecule has 1 N–H and O–H groups in total. The Bertz CT molecular complexity index is 528. The van der Waals surface area contributed by atoms with Gasteiger partial charge in [-0.25, -0.2) is 8.42 Å². The van der Waals surface area contributed by atoms with Gasteiger partial charge in [0, 0.05) is 13.1 Å². The molecule has 0 amide bonds. The first-order valence-electron chi connectivity index (χ1n) is 7.39. The van der Waals surface area contributed by atoms with Crippen molar-refractivity contribution in [2.75, 3.05) is 25.4 Å². The minimum absolute atomic E-state index is 0.242. The number of rotatable bonds is 7. The topological polar surface area (TPSA) is 49.4 Å². The first-order valence-corrected chi connectivity index (χ1v) is 8.99. The summed E-state index contributed by atoms with van der Waals surface area (Å²) >= 11 is 0. The van der Waals surface area contributed by atoms with E-state index in [0.29, 0.717) is 19.5 Å². The molecule has 1 aromatic rings. The highest BCUT2D eigenvalue weighted by Gasteiger charge is 2.25. The highest BCUT2D eigenvalue weighted by molar-refractivity contribution is 7.89. The zero-order valence-corrected chi connectivity index (χ0v) is 13.0. The Morgan fingerprint density at radius 2 is 1.95 bits per heavy atom. The largest absolute Gasteiger partial charge is 0.317 e. The highest BCUT2D eigenvalue weighted by Crippen LogP contribution is 2.21. The van der Waals surface area contributed by atoms with Crippen LogP contribution in [0.3, 0.4) is 0 Å². The number of benzene rings is 1. The summed E-state index contributed by atoms with van der Waals surface area (Å²) in [6, 6.07) is 8.11. The number of nitrogens with zero attached hydrogens (tertiary/aromatic N) is 1. The van der Waals surface area contributed by atoms with Crippen LogP contribution in [-0.4, -0.2) is 38.1 Å². The third-order valence-electron chi connectivity index (χ3n) is 3.67. The fraction of sp³-hybridized carbons (Fsp3) is 0.600. The van der Waals surface area contributed by atoms with Gasteiger partial charge in [0.25, 0.3) is 0 Å². The van der Waals surface area contributed by atoms with Crippen molar-refractivity contribution in [3.63, 3.8) is 0 Å². The smallest absolute Gasteiger partial charge is 0.214 e. The van der Waals surface area contributed by atoms with Gasteiger partial charge in [-0.3, -0.25) is 0 Å². The second-order valence-corrected chi connectivity index (χ2v) is 7.36. The van der Waals surface area contributed by atoms with Crippen LogP contribution in [0.25, 0.3) is 0 Å². The fourth-order valence-electron chi connectivity index (χ4n) is 2.52. The maximum Gasteiger partial charge on any atom is 0.214 e. The summed E-state index contributed by atoms with van der Waals surface area (Å²) in [6.45, 7) is 4.98. The zero-order valence-electron chi connectivity index (χ0n) is 12.1. The van der Waals surface area contributed by atoms with Gasteiger partial charge in [0.2, 0.25) is 10.0 Å². The number of fused-ring (bicyclic) bond motifs is 1. The summed E-state index contributed by atoms with van der Waals surface area (Å²) in [5.41, 5.74) is 2.43. The number of hydrogen-bond acceptors (Lipinski definition) is 3. The molecule has 2 rings (SSSR count). The zero-order chi connectivity index (χ0) is 14.4. The summed E-state index contributed by atoms with van der Waals surface area (Å²) in [5, 5.41) is 3.24. The van der Waals surface area contributed by atoms with Gasteiger partial charge >= 0.3 is 0 Å². The van der Waals surface area contributed by atoms with Gasteiger partial charge < -0.3 is 5.32 Å². The molecule has 20 heavy (non-hydrogen) atoms. The van der Waals surface area contributed by atoms with E-state index in [9.17, 15) is 8.42 Å². The fourth-order valence-corrected chi connectivity index (χ4v) is 3.99. The molecule has 0 unspecified atom stereocenters. The standard InChI is InChI=1S/C15H24N2O2S/c1-2-9-16-10-5-12-20(18,19)17-11-8-14-6-3-4-7-15(14)13-17/h3-4,6-7,16H,2,5,8-13H2,1H3. The van der Waals surface area contributed by atoms with Crippen LogP contribution < -0.4 is 5.32 Å². The van der Waals surface area contributed by atoms with E-state index in [-0.39, 0.29) is 5.75 Å². The van der Waals surface area contributed by atoms with E-state index < -0.39 is 10.0 Å². The van der Waals surface area contributed by atoms with Crippen LogP contribution in [-0.2, 0) is 23.0 Å². The molecule has 1 aliphatic heterocycles. The molecule has 0 radical (unpaired) electrons. The van der Waals surface area contributed by atoms with Gasteiger partial charge in [-0.15, -0.1) is 0 Å². The Balaban J connectivity index is 1.88. The van der Waals surface area contributed by atoms with E-state index in [4.69, 9.17) is 0 Å². The van der Waals surface area contributed by atoms with Gasteiger partial charge in [-0.1, -0.05) is 31.2 Å². The normalized spacial score (nSPS) is 16.1. The number of sulfonamides is 1. The summed E-state index contributed by atoms with van der Waals surface area (Å²) in [4.78, 5) is 0. The summed E-state index contributed by atoms with van der Waals surface area (Å²) in [7, 11) is -3.12. The van der Waals surface area contributed by atoms with E-state index >= 15 is 0 Å². The molecule has 0 atom stereocenters. The Morgan fingerprint density at radius 1 is 1.20 bits per heavy atom. The lowest BCUT2D eigenvalue weighted by molar-refractivity contribution is 0.390. The molecule has 5 heteroatoms. The van der Waals surface area contributed by atoms with Crippen LogP contribution in [0.5, 0.6) is 0 Å². The molecule has 0 fully saturated rings. The number of hydrogen-bond donors (Lipinski definition) is 1. The van der Waals surface area contributed by atoms with Crippen LogP contribution in [0, 0.1) is 0 Å². The van der Waals surface area contributed by atoms with Gasteiger partial charge in [-0.05, 0) is 43.5 Å². The van der Waals surface area contributed by atoms with Crippen molar-refractivity contribution in [1.29, 1.82) is 0 Å². The van der Waals surface area contributed by atoms with Crippen molar-refractivity contribution in [2.24, 2.45) is 0 Å².